The summed E-state index contributed by atoms with van der Waals surface area (Å²) in [7, 11) is 2.01. The number of hydrogen-bond acceptors (Lipinski definition) is 8. The van der Waals surface area contributed by atoms with E-state index in [-0.39, 0.29) is 0 Å². The molecule has 5 aromatic rings. The van der Waals surface area contributed by atoms with Crippen LogP contribution in [0.3, 0.4) is 0 Å². The molecule has 4 heterocycles. The number of anilines is 1. The van der Waals surface area contributed by atoms with Gasteiger partial charge in [-0.2, -0.15) is 5.26 Å². The van der Waals surface area contributed by atoms with E-state index in [1.807, 2.05) is 61.9 Å². The van der Waals surface area contributed by atoms with E-state index >= 15 is 0 Å². The van der Waals surface area contributed by atoms with Crippen LogP contribution in [0.5, 0.6) is 0 Å². The minimum absolute atomic E-state index is 0.341. The molecule has 10 heteroatoms. The zero-order valence-corrected chi connectivity index (χ0v) is 22.3. The van der Waals surface area contributed by atoms with Crippen LogP contribution in [0.1, 0.15) is 32.3 Å². The highest BCUT2D eigenvalue weighted by Gasteiger charge is 2.25. The average Bonchev–Trinajstić information content (AvgIpc) is 3.53. The molecule has 0 spiro atoms. The van der Waals surface area contributed by atoms with Crippen molar-refractivity contribution in [3.05, 3.63) is 60.4 Å². The van der Waals surface area contributed by atoms with E-state index in [1.54, 1.807) is 18.5 Å². The van der Waals surface area contributed by atoms with Crippen molar-refractivity contribution in [1.82, 2.24) is 34.7 Å². The first-order chi connectivity index (χ1) is 18.8. The standard InChI is InChI=1S/C29H31N9O/c1-29(2,39)18-38-24-11-10-21(15-23(24)34-35-38)26-25(20-8-6-19(16-30)7-9-20)33-28-27(32-12-14-37(26)28)36-13-4-5-22(17-36)31-3/h6-12,14-15,22,31,39H,4-5,13,17-18H2,1-3H3/t22-/m1/s1. The van der Waals surface area contributed by atoms with E-state index in [0.717, 1.165) is 70.9 Å². The Morgan fingerprint density at radius 1 is 1.15 bits per heavy atom. The number of imidazole rings is 1. The van der Waals surface area contributed by atoms with Crippen molar-refractivity contribution in [2.45, 2.75) is 44.9 Å². The van der Waals surface area contributed by atoms with Crippen molar-refractivity contribution in [1.29, 1.82) is 5.26 Å². The summed E-state index contributed by atoms with van der Waals surface area (Å²) >= 11 is 0. The van der Waals surface area contributed by atoms with Crippen molar-refractivity contribution in [3.8, 4) is 28.6 Å². The number of piperidine rings is 1. The lowest BCUT2D eigenvalue weighted by molar-refractivity contribution is 0.0585. The average molecular weight is 522 g/mol. The van der Waals surface area contributed by atoms with Gasteiger partial charge in [-0.3, -0.25) is 4.40 Å². The first kappa shape index (κ1) is 25.0. The van der Waals surface area contributed by atoms with Gasteiger partial charge in [0.1, 0.15) is 5.52 Å². The molecule has 0 radical (unpaired) electrons. The fourth-order valence-electron chi connectivity index (χ4n) is 5.37. The van der Waals surface area contributed by atoms with Crippen molar-refractivity contribution >= 4 is 22.5 Å². The van der Waals surface area contributed by atoms with Gasteiger partial charge in [-0.1, -0.05) is 23.4 Å². The lowest BCUT2D eigenvalue weighted by Crippen LogP contribution is -2.44. The third kappa shape index (κ3) is 4.71. The van der Waals surface area contributed by atoms with Gasteiger partial charge in [0.15, 0.2) is 11.5 Å². The summed E-state index contributed by atoms with van der Waals surface area (Å²) in [5.41, 5.74) is 5.64. The largest absolute Gasteiger partial charge is 0.389 e. The topological polar surface area (TPSA) is 120 Å². The number of nitrogens with one attached hydrogen (secondary N) is 1. The highest BCUT2D eigenvalue weighted by Crippen LogP contribution is 2.36. The minimum atomic E-state index is -0.909. The summed E-state index contributed by atoms with van der Waals surface area (Å²) in [6.45, 7) is 5.64. The number of rotatable bonds is 6. The van der Waals surface area contributed by atoms with Crippen LogP contribution in [0.15, 0.2) is 54.9 Å². The molecule has 2 N–H and O–H groups in total. The van der Waals surface area contributed by atoms with Crippen LogP contribution in [-0.2, 0) is 6.54 Å². The maximum atomic E-state index is 10.3. The number of aromatic nitrogens is 6. The Balaban J connectivity index is 1.53. The van der Waals surface area contributed by atoms with Gasteiger partial charge in [0.25, 0.3) is 0 Å². The van der Waals surface area contributed by atoms with Gasteiger partial charge < -0.3 is 15.3 Å². The fourth-order valence-corrected chi connectivity index (χ4v) is 5.37. The Morgan fingerprint density at radius 2 is 1.95 bits per heavy atom. The highest BCUT2D eigenvalue weighted by atomic mass is 16.3. The van der Waals surface area contributed by atoms with Crippen LogP contribution in [0.4, 0.5) is 5.82 Å². The van der Waals surface area contributed by atoms with Crippen LogP contribution in [0, 0.1) is 11.3 Å². The molecule has 39 heavy (non-hydrogen) atoms. The smallest absolute Gasteiger partial charge is 0.181 e. The Labute approximate surface area is 226 Å². The third-order valence-corrected chi connectivity index (χ3v) is 7.26. The number of hydrogen-bond donors (Lipinski definition) is 2. The molecular weight excluding hydrogens is 490 g/mol. The molecule has 1 aliphatic rings. The molecule has 1 fully saturated rings. The van der Waals surface area contributed by atoms with Gasteiger partial charge >= 0.3 is 0 Å². The summed E-state index contributed by atoms with van der Waals surface area (Å²) in [5.74, 6) is 0.857. The zero-order chi connectivity index (χ0) is 27.1. The van der Waals surface area contributed by atoms with Crippen molar-refractivity contribution in [2.24, 2.45) is 0 Å². The summed E-state index contributed by atoms with van der Waals surface area (Å²) in [4.78, 5) is 12.2. The normalized spacial score (nSPS) is 16.2. The number of benzene rings is 2. The summed E-state index contributed by atoms with van der Waals surface area (Å²) in [5, 5.41) is 31.7. The predicted molar refractivity (Wildman–Crippen MR) is 150 cm³/mol. The first-order valence-corrected chi connectivity index (χ1v) is 13.2. The highest BCUT2D eigenvalue weighted by molar-refractivity contribution is 5.89. The summed E-state index contributed by atoms with van der Waals surface area (Å²) in [6.07, 6.45) is 6.00. The predicted octanol–water partition coefficient (Wildman–Crippen LogP) is 3.64. The monoisotopic (exact) mass is 521 g/mol. The van der Waals surface area contributed by atoms with Gasteiger partial charge in [0, 0.05) is 42.7 Å². The third-order valence-electron chi connectivity index (χ3n) is 7.26. The Hall–Kier alpha value is -4.33. The first-order valence-electron chi connectivity index (χ1n) is 13.2. The van der Waals surface area contributed by atoms with Gasteiger partial charge in [0.05, 0.1) is 40.7 Å². The molecule has 10 nitrogen and oxygen atoms in total. The van der Waals surface area contributed by atoms with E-state index in [4.69, 9.17) is 9.97 Å². The number of nitrogens with zero attached hydrogens (tertiary/aromatic N) is 8. The van der Waals surface area contributed by atoms with Gasteiger partial charge in [-0.15, -0.1) is 5.10 Å². The van der Waals surface area contributed by atoms with E-state index in [2.05, 4.69) is 31.0 Å². The van der Waals surface area contributed by atoms with Crippen LogP contribution in [-0.4, -0.2) is 66.2 Å². The van der Waals surface area contributed by atoms with Crippen molar-refractivity contribution in [2.75, 3.05) is 25.0 Å². The maximum absolute atomic E-state index is 10.3. The zero-order valence-electron chi connectivity index (χ0n) is 22.3. The SMILES string of the molecule is CN[C@@H]1CCCN(c2nccn3c(-c4ccc5c(c4)nnn5CC(C)(C)O)c(-c4ccc(C#N)cc4)nc23)C1. The second kappa shape index (κ2) is 9.76. The summed E-state index contributed by atoms with van der Waals surface area (Å²) < 4.78 is 3.83. The molecule has 3 aromatic heterocycles. The molecule has 6 rings (SSSR count). The molecule has 198 valence electrons. The van der Waals surface area contributed by atoms with Crippen LogP contribution in [0.2, 0.25) is 0 Å². The van der Waals surface area contributed by atoms with Crippen molar-refractivity contribution in [3.63, 3.8) is 0 Å². The lowest BCUT2D eigenvalue weighted by Gasteiger charge is -2.33. The quantitative estimate of drug-likeness (QED) is 0.348. The fraction of sp³-hybridized carbons (Fsp3) is 0.345. The molecule has 0 bridgehead atoms. The molecule has 0 aliphatic carbocycles. The Bertz CT molecular complexity index is 1690. The molecule has 1 aliphatic heterocycles. The van der Waals surface area contributed by atoms with Crippen LogP contribution < -0.4 is 10.2 Å². The van der Waals surface area contributed by atoms with Gasteiger partial charge in [0.2, 0.25) is 0 Å². The maximum Gasteiger partial charge on any atom is 0.181 e. The number of fused-ring (bicyclic) bond motifs is 2. The lowest BCUT2D eigenvalue weighted by atomic mass is 10.0. The van der Waals surface area contributed by atoms with Gasteiger partial charge in [-0.05, 0) is 58.0 Å². The Kier molecular flexibility index (Phi) is 6.25. The van der Waals surface area contributed by atoms with Crippen LogP contribution >= 0.6 is 0 Å². The second-order valence-corrected chi connectivity index (χ2v) is 10.8. The second-order valence-electron chi connectivity index (χ2n) is 10.8. The molecule has 1 atom stereocenters. The molecule has 1 saturated heterocycles. The van der Waals surface area contributed by atoms with E-state index in [9.17, 15) is 10.4 Å². The van der Waals surface area contributed by atoms with Crippen LogP contribution in [0.25, 0.3) is 39.2 Å². The summed E-state index contributed by atoms with van der Waals surface area (Å²) in [6, 6.07) is 16.1. The van der Waals surface area contributed by atoms with E-state index in [0.29, 0.717) is 18.2 Å². The van der Waals surface area contributed by atoms with Gasteiger partial charge in [-0.25, -0.2) is 14.6 Å². The molecule has 0 saturated carbocycles. The number of nitriles is 1. The number of aliphatic hydroxyl groups is 1. The Morgan fingerprint density at radius 3 is 2.69 bits per heavy atom. The molecular formula is C29H31N9O. The number of likely N-dealkylation sites (N-methyl/N-ethyl adjacent to an activating group) is 1. The van der Waals surface area contributed by atoms with E-state index < -0.39 is 5.60 Å². The molecule has 2 aromatic carbocycles. The minimum Gasteiger partial charge on any atom is -0.389 e. The van der Waals surface area contributed by atoms with Crippen molar-refractivity contribution < 1.29 is 5.11 Å². The molecule has 0 unspecified atom stereocenters. The van der Waals surface area contributed by atoms with E-state index in [1.165, 1.54) is 0 Å². The molecule has 0 amide bonds.